The molecule has 1 aromatic rings. The van der Waals surface area contributed by atoms with Crippen molar-refractivity contribution in [3.8, 4) is 5.75 Å². The van der Waals surface area contributed by atoms with Gasteiger partial charge in [-0.15, -0.1) is 0 Å². The zero-order valence-corrected chi connectivity index (χ0v) is 13.1. The molecule has 0 atom stereocenters. The third-order valence-electron chi connectivity index (χ3n) is 2.75. The third kappa shape index (κ3) is 6.78. The van der Waals surface area contributed by atoms with Crippen molar-refractivity contribution in [2.75, 3.05) is 26.2 Å². The lowest BCUT2D eigenvalue weighted by Gasteiger charge is -2.20. The van der Waals surface area contributed by atoms with Gasteiger partial charge in [0.15, 0.2) is 0 Å². The lowest BCUT2D eigenvalue weighted by Crippen LogP contribution is -2.41. The number of rotatable bonds is 8. The second kappa shape index (κ2) is 8.82. The summed E-state index contributed by atoms with van der Waals surface area (Å²) in [4.78, 5) is 13.7. The summed E-state index contributed by atoms with van der Waals surface area (Å²) < 4.78 is 5.62. The highest BCUT2D eigenvalue weighted by Crippen LogP contribution is 2.15. The van der Waals surface area contributed by atoms with Gasteiger partial charge < -0.3 is 10.1 Å². The molecule has 112 valence electrons. The fraction of sp³-hybridized carbons (Fsp3) is 0.533. The highest BCUT2D eigenvalue weighted by Gasteiger charge is 2.09. The van der Waals surface area contributed by atoms with Crippen LogP contribution in [0.3, 0.4) is 0 Å². The molecule has 0 spiro atoms. The summed E-state index contributed by atoms with van der Waals surface area (Å²) in [6.45, 7) is 8.42. The predicted molar refractivity (Wildman–Crippen MR) is 82.3 cm³/mol. The molecule has 0 fully saturated rings. The number of amides is 1. The molecule has 0 bridgehead atoms. The van der Waals surface area contributed by atoms with Gasteiger partial charge >= 0.3 is 0 Å². The Morgan fingerprint density at radius 3 is 2.55 bits per heavy atom. The van der Waals surface area contributed by atoms with Crippen LogP contribution in [-0.4, -0.2) is 43.1 Å². The fourth-order valence-corrected chi connectivity index (χ4v) is 1.87. The van der Waals surface area contributed by atoms with Crippen LogP contribution in [-0.2, 0) is 4.79 Å². The summed E-state index contributed by atoms with van der Waals surface area (Å²) in [5.41, 5.74) is 0. The molecule has 0 aromatic heterocycles. The highest BCUT2D eigenvalue weighted by atomic mass is 35.5. The van der Waals surface area contributed by atoms with Crippen LogP contribution in [0.4, 0.5) is 0 Å². The van der Waals surface area contributed by atoms with Gasteiger partial charge in [-0.1, -0.05) is 18.5 Å². The number of ether oxygens (including phenoxy) is 1. The van der Waals surface area contributed by atoms with E-state index in [1.165, 1.54) is 0 Å². The van der Waals surface area contributed by atoms with E-state index in [0.717, 1.165) is 12.3 Å². The lowest BCUT2D eigenvalue weighted by molar-refractivity contribution is -0.122. The van der Waals surface area contributed by atoms with Crippen LogP contribution >= 0.6 is 11.6 Å². The van der Waals surface area contributed by atoms with Crippen molar-refractivity contribution in [2.45, 2.75) is 26.8 Å². The average Bonchev–Trinajstić information content (AvgIpc) is 2.39. The van der Waals surface area contributed by atoms with Crippen LogP contribution in [0, 0.1) is 0 Å². The quantitative estimate of drug-likeness (QED) is 0.802. The first kappa shape index (κ1) is 16.8. The maximum absolute atomic E-state index is 11.7. The monoisotopic (exact) mass is 298 g/mol. The van der Waals surface area contributed by atoms with Crippen molar-refractivity contribution in [3.63, 3.8) is 0 Å². The van der Waals surface area contributed by atoms with E-state index in [1.807, 2.05) is 37.8 Å². The van der Waals surface area contributed by atoms with Gasteiger partial charge in [0.05, 0.1) is 6.54 Å². The third-order valence-corrected chi connectivity index (χ3v) is 3.01. The first-order valence-electron chi connectivity index (χ1n) is 6.91. The molecule has 1 amide bonds. The number of nitrogens with one attached hydrogen (secondary N) is 1. The van der Waals surface area contributed by atoms with Gasteiger partial charge in [-0.05, 0) is 44.7 Å². The highest BCUT2D eigenvalue weighted by molar-refractivity contribution is 6.30. The van der Waals surface area contributed by atoms with Crippen molar-refractivity contribution < 1.29 is 9.53 Å². The van der Waals surface area contributed by atoms with Gasteiger partial charge in [-0.2, -0.15) is 0 Å². The van der Waals surface area contributed by atoms with Crippen molar-refractivity contribution in [3.05, 3.63) is 29.3 Å². The van der Waals surface area contributed by atoms with E-state index in [4.69, 9.17) is 16.3 Å². The summed E-state index contributed by atoms with van der Waals surface area (Å²) in [6.07, 6.45) is 0. The Labute approximate surface area is 126 Å². The molecule has 0 unspecified atom stereocenters. The Balaban J connectivity index is 2.30. The minimum atomic E-state index is 0.0494. The predicted octanol–water partition coefficient (Wildman–Crippen LogP) is 2.57. The summed E-state index contributed by atoms with van der Waals surface area (Å²) in [7, 11) is 0. The van der Waals surface area contributed by atoms with Crippen molar-refractivity contribution >= 4 is 17.5 Å². The maximum atomic E-state index is 11.7. The lowest BCUT2D eigenvalue weighted by atomic mass is 10.3. The van der Waals surface area contributed by atoms with Gasteiger partial charge in [-0.25, -0.2) is 0 Å². The van der Waals surface area contributed by atoms with Gasteiger partial charge in [0.2, 0.25) is 5.91 Å². The SMILES string of the molecule is CCN(CCOc1ccc(Cl)cc1)CC(=O)NC(C)C. The number of benzene rings is 1. The molecule has 0 heterocycles. The van der Waals surface area contributed by atoms with E-state index in [1.54, 1.807) is 12.1 Å². The minimum absolute atomic E-state index is 0.0494. The molecule has 20 heavy (non-hydrogen) atoms. The Morgan fingerprint density at radius 1 is 1.35 bits per heavy atom. The van der Waals surface area contributed by atoms with Crippen LogP contribution in [0.5, 0.6) is 5.75 Å². The van der Waals surface area contributed by atoms with Gasteiger partial charge in [0, 0.05) is 17.6 Å². The Morgan fingerprint density at radius 2 is 2.00 bits per heavy atom. The van der Waals surface area contributed by atoms with Gasteiger partial charge in [-0.3, -0.25) is 9.69 Å². The summed E-state index contributed by atoms with van der Waals surface area (Å²) in [5.74, 6) is 0.838. The Bertz CT molecular complexity index is 407. The molecule has 0 aliphatic heterocycles. The number of likely N-dealkylation sites (N-methyl/N-ethyl adjacent to an activating group) is 1. The zero-order chi connectivity index (χ0) is 15.0. The molecule has 0 aliphatic carbocycles. The largest absolute Gasteiger partial charge is 0.492 e. The van der Waals surface area contributed by atoms with E-state index >= 15 is 0 Å². The molecule has 0 saturated carbocycles. The van der Waals surface area contributed by atoms with Gasteiger partial charge in [0.25, 0.3) is 0 Å². The van der Waals surface area contributed by atoms with Crippen molar-refractivity contribution in [2.24, 2.45) is 0 Å². The smallest absolute Gasteiger partial charge is 0.234 e. The first-order chi connectivity index (χ1) is 9.51. The second-order valence-electron chi connectivity index (χ2n) is 4.89. The summed E-state index contributed by atoms with van der Waals surface area (Å²) in [6, 6.07) is 7.44. The number of hydrogen-bond donors (Lipinski definition) is 1. The fourth-order valence-electron chi connectivity index (χ4n) is 1.74. The molecular formula is C15H23ClN2O2. The molecule has 0 aliphatic rings. The molecule has 4 nitrogen and oxygen atoms in total. The second-order valence-corrected chi connectivity index (χ2v) is 5.33. The van der Waals surface area contributed by atoms with E-state index in [2.05, 4.69) is 5.32 Å². The summed E-state index contributed by atoms with van der Waals surface area (Å²) in [5, 5.41) is 3.58. The maximum Gasteiger partial charge on any atom is 0.234 e. The number of carbonyl (C=O) groups excluding carboxylic acids is 1. The molecule has 0 saturated heterocycles. The molecule has 1 rings (SSSR count). The molecular weight excluding hydrogens is 276 g/mol. The first-order valence-corrected chi connectivity index (χ1v) is 7.29. The minimum Gasteiger partial charge on any atom is -0.492 e. The molecule has 5 heteroatoms. The Hall–Kier alpha value is -1.26. The van der Waals surface area contributed by atoms with E-state index in [-0.39, 0.29) is 11.9 Å². The van der Waals surface area contributed by atoms with E-state index in [9.17, 15) is 4.79 Å². The average molecular weight is 299 g/mol. The number of nitrogens with zero attached hydrogens (tertiary/aromatic N) is 1. The topological polar surface area (TPSA) is 41.6 Å². The van der Waals surface area contributed by atoms with Crippen LogP contribution in [0.15, 0.2) is 24.3 Å². The molecule has 1 aromatic carbocycles. The van der Waals surface area contributed by atoms with Crippen LogP contribution in [0.1, 0.15) is 20.8 Å². The molecule has 0 radical (unpaired) electrons. The molecule has 1 N–H and O–H groups in total. The van der Waals surface area contributed by atoms with Gasteiger partial charge in [0.1, 0.15) is 12.4 Å². The Kier molecular flexibility index (Phi) is 7.41. The number of carbonyl (C=O) groups is 1. The van der Waals surface area contributed by atoms with Crippen molar-refractivity contribution in [1.82, 2.24) is 10.2 Å². The van der Waals surface area contributed by atoms with E-state index < -0.39 is 0 Å². The number of hydrogen-bond acceptors (Lipinski definition) is 3. The zero-order valence-electron chi connectivity index (χ0n) is 12.4. The van der Waals surface area contributed by atoms with Crippen LogP contribution < -0.4 is 10.1 Å². The van der Waals surface area contributed by atoms with E-state index in [0.29, 0.717) is 24.7 Å². The van der Waals surface area contributed by atoms with Crippen LogP contribution in [0.2, 0.25) is 5.02 Å². The normalized spacial score (nSPS) is 10.9. The standard InChI is InChI=1S/C15H23ClN2O2/c1-4-18(11-15(19)17-12(2)3)9-10-20-14-7-5-13(16)6-8-14/h5-8,12H,4,9-11H2,1-3H3,(H,17,19). The van der Waals surface area contributed by atoms with Crippen LogP contribution in [0.25, 0.3) is 0 Å². The summed E-state index contributed by atoms with van der Waals surface area (Å²) >= 11 is 5.81. The van der Waals surface area contributed by atoms with Crippen molar-refractivity contribution in [1.29, 1.82) is 0 Å². The number of halogens is 1.